The minimum atomic E-state index is -0.279. The Hall–Kier alpha value is -0.560. The van der Waals surface area contributed by atoms with Crippen molar-refractivity contribution in [2.45, 2.75) is 52.1 Å². The van der Waals surface area contributed by atoms with Crippen LogP contribution >= 0.6 is 0 Å². The summed E-state index contributed by atoms with van der Waals surface area (Å²) in [6.45, 7) is 12.7. The molecule has 2 saturated carbocycles. The van der Waals surface area contributed by atoms with Crippen molar-refractivity contribution in [1.82, 2.24) is 0 Å². The first-order valence-electron chi connectivity index (χ1n) is 6.45. The van der Waals surface area contributed by atoms with Crippen LogP contribution in [0.5, 0.6) is 0 Å². The second kappa shape index (κ2) is 4.03. The molecule has 4 atom stereocenters. The zero-order valence-corrected chi connectivity index (χ0v) is 10.6. The van der Waals surface area contributed by atoms with Gasteiger partial charge in [-0.1, -0.05) is 25.7 Å². The molecule has 0 amide bonds. The molecule has 0 aliphatic heterocycles. The molecule has 2 aliphatic carbocycles. The molecule has 1 nitrogen and oxygen atoms in total. The van der Waals surface area contributed by atoms with Gasteiger partial charge in [0.25, 0.3) is 0 Å². The number of rotatable bonds is 1. The molecule has 1 N–H and O–H groups in total. The van der Waals surface area contributed by atoms with Crippen LogP contribution in [0.1, 0.15) is 46.0 Å². The summed E-state index contributed by atoms with van der Waals surface area (Å²) < 4.78 is 0. The Morgan fingerprint density at radius 3 is 2.75 bits per heavy atom. The van der Waals surface area contributed by atoms with Crippen LogP contribution in [0, 0.1) is 17.3 Å². The van der Waals surface area contributed by atoms with E-state index in [9.17, 15) is 5.11 Å². The summed E-state index contributed by atoms with van der Waals surface area (Å²) in [6.07, 6.45) is 5.30. The molecule has 0 aromatic rings. The Morgan fingerprint density at radius 2 is 2.12 bits per heavy atom. The first-order chi connectivity index (χ1) is 7.44. The number of fused-ring (bicyclic) bond motifs is 1. The van der Waals surface area contributed by atoms with E-state index in [2.05, 4.69) is 27.0 Å². The molecule has 0 bridgehead atoms. The monoisotopic (exact) mass is 220 g/mol. The Morgan fingerprint density at radius 1 is 1.44 bits per heavy atom. The normalized spacial score (nSPS) is 43.9. The molecule has 2 aliphatic rings. The lowest BCUT2D eigenvalue weighted by Gasteiger charge is -2.33. The fourth-order valence-corrected chi connectivity index (χ4v) is 3.84. The van der Waals surface area contributed by atoms with Crippen LogP contribution in [-0.4, -0.2) is 11.2 Å². The maximum atomic E-state index is 10.1. The summed E-state index contributed by atoms with van der Waals surface area (Å²) in [5.41, 5.74) is 2.68. The fraction of sp³-hybridized carbons (Fsp3) is 0.733. The van der Waals surface area contributed by atoms with Gasteiger partial charge in [-0.25, -0.2) is 0 Å². The smallest absolute Gasteiger partial charge is 0.0752 e. The van der Waals surface area contributed by atoms with E-state index in [1.54, 1.807) is 0 Å². The number of aliphatic hydroxyl groups is 1. The molecule has 0 saturated heterocycles. The van der Waals surface area contributed by atoms with E-state index in [4.69, 9.17) is 0 Å². The van der Waals surface area contributed by atoms with E-state index in [0.717, 1.165) is 18.4 Å². The number of allylic oxidation sites excluding steroid dienone is 1. The Kier molecular flexibility index (Phi) is 3.00. The van der Waals surface area contributed by atoms with Gasteiger partial charge >= 0.3 is 0 Å². The summed E-state index contributed by atoms with van der Waals surface area (Å²) in [6, 6.07) is 0. The van der Waals surface area contributed by atoms with Crippen LogP contribution in [0.15, 0.2) is 24.3 Å². The molecule has 16 heavy (non-hydrogen) atoms. The number of aliphatic hydroxyl groups excluding tert-OH is 1. The van der Waals surface area contributed by atoms with Crippen molar-refractivity contribution in [2.24, 2.45) is 17.3 Å². The fourth-order valence-electron chi connectivity index (χ4n) is 3.84. The molecule has 1 unspecified atom stereocenters. The van der Waals surface area contributed by atoms with E-state index in [1.807, 2.05) is 0 Å². The molecular weight excluding hydrogens is 196 g/mol. The lowest BCUT2D eigenvalue weighted by atomic mass is 9.72. The average molecular weight is 220 g/mol. The van der Waals surface area contributed by atoms with Crippen molar-refractivity contribution in [2.75, 3.05) is 0 Å². The van der Waals surface area contributed by atoms with Gasteiger partial charge in [0.1, 0.15) is 0 Å². The van der Waals surface area contributed by atoms with Gasteiger partial charge in [0.15, 0.2) is 0 Å². The largest absolute Gasteiger partial charge is 0.389 e. The van der Waals surface area contributed by atoms with Gasteiger partial charge in [-0.15, -0.1) is 0 Å². The molecule has 0 spiro atoms. The van der Waals surface area contributed by atoms with Crippen LogP contribution in [0.2, 0.25) is 0 Å². The molecule has 0 radical (unpaired) electrons. The Labute approximate surface area is 99.3 Å². The first kappa shape index (κ1) is 11.9. The molecule has 0 aromatic carbocycles. The highest BCUT2D eigenvalue weighted by molar-refractivity contribution is 5.14. The minimum absolute atomic E-state index is 0.279. The lowest BCUT2D eigenvalue weighted by Crippen LogP contribution is -2.27. The Balaban J connectivity index is 2.24. The Bertz CT molecular complexity index is 317. The highest BCUT2D eigenvalue weighted by Gasteiger charge is 2.47. The summed E-state index contributed by atoms with van der Waals surface area (Å²) in [5.74, 6) is 1.38. The molecule has 2 fully saturated rings. The zero-order chi connectivity index (χ0) is 11.9. The van der Waals surface area contributed by atoms with Gasteiger partial charge < -0.3 is 5.11 Å². The second-order valence-corrected chi connectivity index (χ2v) is 6.17. The van der Waals surface area contributed by atoms with E-state index >= 15 is 0 Å². The van der Waals surface area contributed by atoms with E-state index in [-0.39, 0.29) is 6.10 Å². The van der Waals surface area contributed by atoms with Crippen LogP contribution in [0.25, 0.3) is 0 Å². The molecule has 0 heterocycles. The highest BCUT2D eigenvalue weighted by Crippen LogP contribution is 2.55. The van der Waals surface area contributed by atoms with Crippen LogP contribution < -0.4 is 0 Å². The topological polar surface area (TPSA) is 20.2 Å². The zero-order valence-electron chi connectivity index (χ0n) is 10.6. The maximum absolute atomic E-state index is 10.1. The van der Waals surface area contributed by atoms with Crippen molar-refractivity contribution in [3.8, 4) is 0 Å². The van der Waals surface area contributed by atoms with Crippen molar-refractivity contribution < 1.29 is 5.11 Å². The lowest BCUT2D eigenvalue weighted by molar-refractivity contribution is 0.111. The van der Waals surface area contributed by atoms with Gasteiger partial charge in [-0.2, -0.15) is 0 Å². The van der Waals surface area contributed by atoms with E-state index < -0.39 is 0 Å². The van der Waals surface area contributed by atoms with Crippen LogP contribution in [0.4, 0.5) is 0 Å². The predicted octanol–water partition coefficient (Wildman–Crippen LogP) is 3.70. The molecular formula is C15H24O. The summed E-state index contributed by atoms with van der Waals surface area (Å²) in [4.78, 5) is 0. The van der Waals surface area contributed by atoms with Crippen LogP contribution in [-0.2, 0) is 0 Å². The summed E-state index contributed by atoms with van der Waals surface area (Å²) >= 11 is 0. The SMILES string of the molecule is C=C(C)[C@H]1CC[C@]2(C)C[C@H](O)C(=C)CCC12. The third kappa shape index (κ3) is 1.86. The van der Waals surface area contributed by atoms with Crippen molar-refractivity contribution in [3.05, 3.63) is 24.3 Å². The molecule has 90 valence electrons. The standard InChI is InChI=1S/C15H24O/c1-10(2)12-7-8-15(4)9-14(16)11(3)5-6-13(12)15/h12-14,16H,1,3,5-9H2,2,4H3/t12-,13?,14+,15-/m1/s1. The van der Waals surface area contributed by atoms with Gasteiger partial charge in [0.05, 0.1) is 6.10 Å². The summed E-state index contributed by atoms with van der Waals surface area (Å²) in [7, 11) is 0. The molecule has 0 aromatic heterocycles. The maximum Gasteiger partial charge on any atom is 0.0752 e. The van der Waals surface area contributed by atoms with E-state index in [1.165, 1.54) is 24.8 Å². The van der Waals surface area contributed by atoms with Gasteiger partial charge in [-0.05, 0) is 61.9 Å². The summed E-state index contributed by atoms with van der Waals surface area (Å²) in [5, 5.41) is 10.1. The second-order valence-electron chi connectivity index (χ2n) is 6.17. The molecule has 1 heteroatoms. The quantitative estimate of drug-likeness (QED) is 0.668. The van der Waals surface area contributed by atoms with Crippen molar-refractivity contribution in [3.63, 3.8) is 0 Å². The highest BCUT2D eigenvalue weighted by atomic mass is 16.3. The van der Waals surface area contributed by atoms with Crippen LogP contribution in [0.3, 0.4) is 0 Å². The number of hydrogen-bond acceptors (Lipinski definition) is 1. The molecule has 2 rings (SSSR count). The van der Waals surface area contributed by atoms with E-state index in [0.29, 0.717) is 17.3 Å². The first-order valence-corrected chi connectivity index (χ1v) is 6.45. The van der Waals surface area contributed by atoms with Gasteiger partial charge in [-0.3, -0.25) is 0 Å². The third-order valence-corrected chi connectivity index (χ3v) is 4.95. The predicted molar refractivity (Wildman–Crippen MR) is 68.1 cm³/mol. The van der Waals surface area contributed by atoms with Crippen molar-refractivity contribution in [1.29, 1.82) is 0 Å². The van der Waals surface area contributed by atoms with Crippen molar-refractivity contribution >= 4 is 0 Å². The third-order valence-electron chi connectivity index (χ3n) is 4.95. The van der Waals surface area contributed by atoms with Gasteiger partial charge in [0, 0.05) is 0 Å². The number of hydrogen-bond donors (Lipinski definition) is 1. The van der Waals surface area contributed by atoms with Gasteiger partial charge in [0.2, 0.25) is 0 Å². The minimum Gasteiger partial charge on any atom is -0.389 e. The average Bonchev–Trinajstić information content (AvgIpc) is 2.46.